The molecule has 9 heteroatoms. The molecule has 2 atom stereocenters. The van der Waals surface area contributed by atoms with Crippen molar-refractivity contribution in [1.82, 2.24) is 13.9 Å². The van der Waals surface area contributed by atoms with Gasteiger partial charge in [-0.3, -0.25) is 4.79 Å². The number of nitrogens with zero attached hydrogens (tertiary/aromatic N) is 3. The Kier molecular flexibility index (Phi) is 7.11. The van der Waals surface area contributed by atoms with Gasteiger partial charge in [-0.15, -0.1) is 0 Å². The minimum atomic E-state index is -3.27. The summed E-state index contributed by atoms with van der Waals surface area (Å²) in [5.74, 6) is 0.848. The van der Waals surface area contributed by atoms with E-state index in [0.717, 1.165) is 17.0 Å². The number of rotatable bonds is 5. The topological polar surface area (TPSA) is 102 Å². The van der Waals surface area contributed by atoms with E-state index in [1.807, 2.05) is 37.4 Å². The molecule has 8 nitrogen and oxygen atoms in total. The fourth-order valence-electron chi connectivity index (χ4n) is 3.09. The summed E-state index contributed by atoms with van der Waals surface area (Å²) in [7, 11) is -0.140. The third-order valence-electron chi connectivity index (χ3n) is 4.56. The summed E-state index contributed by atoms with van der Waals surface area (Å²) in [6.45, 7) is 2.75. The van der Waals surface area contributed by atoms with E-state index in [9.17, 15) is 8.42 Å². The summed E-state index contributed by atoms with van der Waals surface area (Å²) in [5.41, 5.74) is 2.20. The number of hydrogen-bond donors (Lipinski definition) is 1. The van der Waals surface area contributed by atoms with Gasteiger partial charge in [-0.2, -0.15) is 0 Å². The molecule has 0 bridgehead atoms. The molecule has 1 fully saturated rings. The molecule has 1 aromatic heterocycles. The number of benzene rings is 1. The highest BCUT2D eigenvalue weighted by Crippen LogP contribution is 2.32. The quantitative estimate of drug-likeness (QED) is 0.772. The molecular weight excluding hydrogens is 370 g/mol. The van der Waals surface area contributed by atoms with Crippen LogP contribution in [0.15, 0.2) is 36.7 Å². The maximum Gasteiger partial charge on any atom is 0.290 e. The first-order valence-corrected chi connectivity index (χ1v) is 10.1. The second kappa shape index (κ2) is 9.12. The van der Waals surface area contributed by atoms with Crippen LogP contribution in [0.25, 0.3) is 11.4 Å². The standard InChI is InChI=1S/C17H23N3O3S.CH2O2/c1-13-6-4-5-7-15(13)17-18-8-9-20(17)16-11-23-10-14(16)12-24(21,22)19(2)3;2-1-3/h4-9,14,16H,10-12H2,1-3H3;1H,(H,2,3)/t14-,16-;/m1./s1. The molecule has 0 radical (unpaired) electrons. The van der Waals surface area contributed by atoms with E-state index in [0.29, 0.717) is 13.2 Å². The summed E-state index contributed by atoms with van der Waals surface area (Å²) in [5, 5.41) is 6.89. The Hall–Kier alpha value is -2.23. The van der Waals surface area contributed by atoms with E-state index in [2.05, 4.69) is 9.55 Å². The number of sulfonamides is 1. The van der Waals surface area contributed by atoms with Crippen LogP contribution in [0.3, 0.4) is 0 Å². The van der Waals surface area contributed by atoms with Crippen LogP contribution in [0, 0.1) is 12.8 Å². The van der Waals surface area contributed by atoms with Gasteiger partial charge in [-0.1, -0.05) is 24.3 Å². The number of ether oxygens (including phenoxy) is 1. The van der Waals surface area contributed by atoms with Gasteiger partial charge in [0.2, 0.25) is 10.0 Å². The molecule has 27 heavy (non-hydrogen) atoms. The Morgan fingerprint density at radius 3 is 2.63 bits per heavy atom. The van der Waals surface area contributed by atoms with Crippen LogP contribution in [-0.4, -0.2) is 66.9 Å². The summed E-state index contributed by atoms with van der Waals surface area (Å²) < 4.78 is 33.5. The number of hydrogen-bond acceptors (Lipinski definition) is 5. The highest BCUT2D eigenvalue weighted by atomic mass is 32.2. The van der Waals surface area contributed by atoms with Gasteiger partial charge >= 0.3 is 0 Å². The van der Waals surface area contributed by atoms with E-state index in [4.69, 9.17) is 14.6 Å². The fraction of sp³-hybridized carbons (Fsp3) is 0.444. The van der Waals surface area contributed by atoms with Crippen LogP contribution in [0.5, 0.6) is 0 Å². The van der Waals surface area contributed by atoms with E-state index in [-0.39, 0.29) is 24.2 Å². The summed E-state index contributed by atoms with van der Waals surface area (Å²) in [4.78, 5) is 12.9. The van der Waals surface area contributed by atoms with Crippen LogP contribution in [0.1, 0.15) is 11.6 Å². The average molecular weight is 395 g/mol. The molecule has 1 N–H and O–H groups in total. The van der Waals surface area contributed by atoms with Crippen molar-refractivity contribution in [3.8, 4) is 11.4 Å². The molecule has 0 saturated carbocycles. The molecule has 2 aromatic rings. The largest absolute Gasteiger partial charge is 0.483 e. The predicted octanol–water partition coefficient (Wildman–Crippen LogP) is 1.64. The van der Waals surface area contributed by atoms with Crippen molar-refractivity contribution in [2.45, 2.75) is 13.0 Å². The summed E-state index contributed by atoms with van der Waals surface area (Å²) >= 11 is 0. The van der Waals surface area contributed by atoms with Crippen molar-refractivity contribution in [2.24, 2.45) is 5.92 Å². The van der Waals surface area contributed by atoms with Gasteiger partial charge in [0.15, 0.2) is 0 Å². The Morgan fingerprint density at radius 2 is 2.00 bits per heavy atom. The van der Waals surface area contributed by atoms with Crippen molar-refractivity contribution < 1.29 is 23.1 Å². The lowest BCUT2D eigenvalue weighted by Gasteiger charge is -2.23. The third kappa shape index (κ3) is 4.94. The van der Waals surface area contributed by atoms with Crippen molar-refractivity contribution in [3.63, 3.8) is 0 Å². The number of carbonyl (C=O) groups is 1. The number of carboxylic acid groups (broad SMARTS) is 1. The number of aromatic nitrogens is 2. The molecule has 1 aliphatic rings. The van der Waals surface area contributed by atoms with Gasteiger partial charge in [0.05, 0.1) is 25.0 Å². The van der Waals surface area contributed by atoms with Gasteiger partial charge in [0.1, 0.15) is 5.82 Å². The predicted molar refractivity (Wildman–Crippen MR) is 102 cm³/mol. The van der Waals surface area contributed by atoms with Crippen molar-refractivity contribution in [2.75, 3.05) is 33.1 Å². The number of aryl methyl sites for hydroxylation is 1. The van der Waals surface area contributed by atoms with Gasteiger partial charge in [0, 0.05) is 38.0 Å². The zero-order chi connectivity index (χ0) is 20.0. The zero-order valence-electron chi connectivity index (χ0n) is 15.6. The second-order valence-electron chi connectivity index (χ2n) is 6.50. The first-order chi connectivity index (χ1) is 12.8. The van der Waals surface area contributed by atoms with Crippen molar-refractivity contribution in [1.29, 1.82) is 0 Å². The summed E-state index contributed by atoms with van der Waals surface area (Å²) in [6.07, 6.45) is 3.67. The molecule has 0 amide bonds. The lowest BCUT2D eigenvalue weighted by atomic mass is 10.0. The first kappa shape index (κ1) is 21.1. The summed E-state index contributed by atoms with van der Waals surface area (Å²) in [6, 6.07) is 8.04. The molecule has 3 rings (SSSR count). The molecule has 1 aliphatic heterocycles. The van der Waals surface area contributed by atoms with E-state index < -0.39 is 10.0 Å². The maximum absolute atomic E-state index is 12.3. The van der Waals surface area contributed by atoms with Gasteiger partial charge in [-0.05, 0) is 12.5 Å². The Labute approximate surface area is 159 Å². The van der Waals surface area contributed by atoms with Gasteiger partial charge in [-0.25, -0.2) is 17.7 Å². The molecule has 1 aromatic carbocycles. The van der Waals surface area contributed by atoms with E-state index in [1.165, 1.54) is 4.31 Å². The highest BCUT2D eigenvalue weighted by Gasteiger charge is 2.35. The lowest BCUT2D eigenvalue weighted by Crippen LogP contribution is -2.32. The van der Waals surface area contributed by atoms with Gasteiger partial charge in [0.25, 0.3) is 6.47 Å². The highest BCUT2D eigenvalue weighted by molar-refractivity contribution is 7.89. The van der Waals surface area contributed by atoms with Crippen LogP contribution in [0.4, 0.5) is 0 Å². The van der Waals surface area contributed by atoms with Crippen LogP contribution >= 0.6 is 0 Å². The van der Waals surface area contributed by atoms with Crippen molar-refractivity contribution >= 4 is 16.5 Å². The molecule has 2 heterocycles. The molecule has 0 aliphatic carbocycles. The average Bonchev–Trinajstić information content (AvgIpc) is 3.24. The smallest absolute Gasteiger partial charge is 0.290 e. The van der Waals surface area contributed by atoms with Crippen molar-refractivity contribution in [3.05, 3.63) is 42.2 Å². The zero-order valence-corrected chi connectivity index (χ0v) is 16.5. The minimum absolute atomic E-state index is 0.0307. The van der Waals surface area contributed by atoms with E-state index >= 15 is 0 Å². The molecule has 148 valence electrons. The lowest BCUT2D eigenvalue weighted by molar-refractivity contribution is -0.122. The van der Waals surface area contributed by atoms with Gasteiger partial charge < -0.3 is 14.4 Å². The SMILES string of the molecule is Cc1ccccc1-c1nccn1[C@@H]1COC[C@@H]1CS(=O)(=O)N(C)C.O=CO. The second-order valence-corrected chi connectivity index (χ2v) is 8.73. The fourth-order valence-corrected chi connectivity index (χ4v) is 4.24. The first-order valence-electron chi connectivity index (χ1n) is 8.46. The molecular formula is C18H25N3O5S. The molecule has 0 spiro atoms. The van der Waals surface area contributed by atoms with Crippen LogP contribution in [-0.2, 0) is 19.6 Å². The number of imidazole rings is 1. The van der Waals surface area contributed by atoms with E-state index in [1.54, 1.807) is 20.3 Å². The maximum atomic E-state index is 12.3. The minimum Gasteiger partial charge on any atom is -0.483 e. The molecule has 0 unspecified atom stereocenters. The Bertz CT molecular complexity index is 863. The normalized spacial score (nSPS) is 19.6. The Morgan fingerprint density at radius 1 is 1.33 bits per heavy atom. The molecule has 1 saturated heterocycles. The monoisotopic (exact) mass is 395 g/mol. The third-order valence-corrected chi connectivity index (χ3v) is 6.52. The van der Waals surface area contributed by atoms with Crippen LogP contribution < -0.4 is 0 Å². The van der Waals surface area contributed by atoms with Crippen LogP contribution in [0.2, 0.25) is 0 Å². The Balaban J connectivity index is 0.000000817.